The topological polar surface area (TPSA) is 12.5 Å². The molecule has 0 aliphatic carbocycles. The Labute approximate surface area is 142 Å². The second-order valence-electron chi connectivity index (χ2n) is 6.29. The van der Waals surface area contributed by atoms with Crippen LogP contribution in [-0.2, 0) is 11.3 Å². The number of nitrogens with zero attached hydrogens (tertiary/aromatic N) is 1. The third kappa shape index (κ3) is 3.07. The van der Waals surface area contributed by atoms with Crippen LogP contribution in [0.15, 0.2) is 60.7 Å². The van der Waals surface area contributed by atoms with Crippen molar-refractivity contribution in [2.75, 3.05) is 13.2 Å². The van der Waals surface area contributed by atoms with Crippen molar-refractivity contribution in [1.82, 2.24) is 4.90 Å². The molecule has 2 bridgehead atoms. The molecule has 0 spiro atoms. The summed E-state index contributed by atoms with van der Waals surface area (Å²) in [6.45, 7) is 2.54. The van der Waals surface area contributed by atoms with E-state index in [1.807, 2.05) is 12.1 Å². The van der Waals surface area contributed by atoms with Crippen molar-refractivity contribution >= 4 is 17.2 Å². The monoisotopic (exact) mass is 325 g/mol. The highest BCUT2D eigenvalue weighted by Gasteiger charge is 2.35. The van der Waals surface area contributed by atoms with Gasteiger partial charge in [-0.25, -0.2) is 0 Å². The number of benzene rings is 2. The highest BCUT2D eigenvalue weighted by Crippen LogP contribution is 2.35. The molecule has 2 aromatic rings. The van der Waals surface area contributed by atoms with Crippen LogP contribution in [0.3, 0.4) is 0 Å². The van der Waals surface area contributed by atoms with Crippen LogP contribution < -0.4 is 0 Å². The molecule has 1 fully saturated rings. The maximum atomic E-state index is 6.39. The Bertz CT molecular complexity index is 713. The van der Waals surface area contributed by atoms with Gasteiger partial charge in [0.25, 0.3) is 0 Å². The molecular formula is C20H20ClNO. The van der Waals surface area contributed by atoms with Gasteiger partial charge in [0, 0.05) is 17.6 Å². The van der Waals surface area contributed by atoms with Gasteiger partial charge in [0.2, 0.25) is 0 Å². The number of halogens is 1. The predicted molar refractivity (Wildman–Crippen MR) is 94.4 cm³/mol. The molecule has 2 atom stereocenters. The molecule has 3 heteroatoms. The van der Waals surface area contributed by atoms with Crippen LogP contribution in [0.4, 0.5) is 0 Å². The molecular weight excluding hydrogens is 306 g/mol. The average Bonchev–Trinajstić information content (AvgIpc) is 2.56. The van der Waals surface area contributed by atoms with E-state index in [0.29, 0.717) is 12.1 Å². The molecule has 2 unspecified atom stereocenters. The van der Waals surface area contributed by atoms with Crippen LogP contribution in [0.2, 0.25) is 5.02 Å². The molecule has 0 N–H and O–H groups in total. The minimum absolute atomic E-state index is 0.328. The van der Waals surface area contributed by atoms with E-state index in [2.05, 4.69) is 53.4 Å². The van der Waals surface area contributed by atoms with E-state index in [4.69, 9.17) is 16.3 Å². The average molecular weight is 326 g/mol. The maximum Gasteiger partial charge on any atom is 0.0658 e. The molecule has 1 saturated heterocycles. The Morgan fingerprint density at radius 1 is 1.00 bits per heavy atom. The first kappa shape index (κ1) is 14.9. The Kier molecular flexibility index (Phi) is 4.21. The molecule has 0 amide bonds. The fraction of sp³-hybridized carbons (Fsp3) is 0.300. The summed E-state index contributed by atoms with van der Waals surface area (Å²) < 4.78 is 5.80. The first-order valence-electron chi connectivity index (χ1n) is 8.14. The number of fused-ring (bicyclic) bond motifs is 2. The minimum Gasteiger partial charge on any atom is -0.378 e. The lowest BCUT2D eigenvalue weighted by atomic mass is 9.89. The summed E-state index contributed by atoms with van der Waals surface area (Å²) in [7, 11) is 0. The van der Waals surface area contributed by atoms with E-state index >= 15 is 0 Å². The van der Waals surface area contributed by atoms with Crippen LogP contribution in [0, 0.1) is 0 Å². The first-order chi connectivity index (χ1) is 11.3. The second-order valence-corrected chi connectivity index (χ2v) is 6.70. The van der Waals surface area contributed by atoms with Gasteiger partial charge in [-0.2, -0.15) is 0 Å². The van der Waals surface area contributed by atoms with Crippen molar-refractivity contribution in [2.24, 2.45) is 0 Å². The Morgan fingerprint density at radius 2 is 1.78 bits per heavy atom. The minimum atomic E-state index is 0.328. The second kappa shape index (κ2) is 6.48. The number of hydrogen-bond acceptors (Lipinski definition) is 2. The first-order valence-corrected chi connectivity index (χ1v) is 8.52. The van der Waals surface area contributed by atoms with Crippen molar-refractivity contribution in [1.29, 1.82) is 0 Å². The van der Waals surface area contributed by atoms with Gasteiger partial charge >= 0.3 is 0 Å². The van der Waals surface area contributed by atoms with Crippen molar-refractivity contribution in [3.63, 3.8) is 0 Å². The summed E-state index contributed by atoms with van der Waals surface area (Å²) in [6.07, 6.45) is 3.34. The van der Waals surface area contributed by atoms with Crippen LogP contribution in [-0.4, -0.2) is 30.2 Å². The van der Waals surface area contributed by atoms with E-state index in [0.717, 1.165) is 31.2 Å². The lowest BCUT2D eigenvalue weighted by molar-refractivity contribution is -0.0402. The Balaban J connectivity index is 1.62. The van der Waals surface area contributed by atoms with Crippen LogP contribution >= 0.6 is 11.6 Å². The van der Waals surface area contributed by atoms with Crippen LogP contribution in [0.25, 0.3) is 5.57 Å². The Hall–Kier alpha value is -1.61. The van der Waals surface area contributed by atoms with E-state index < -0.39 is 0 Å². The lowest BCUT2D eigenvalue weighted by Gasteiger charge is -2.45. The summed E-state index contributed by atoms with van der Waals surface area (Å²) >= 11 is 6.39. The standard InChI is InChI=1S/C20H20ClNO/c21-20-9-5-4-8-19(20)16-10-17-13-23-14-18(11-16)22(17)12-15-6-2-1-3-7-15/h1-10,17-18H,11-14H2. The molecule has 0 saturated carbocycles. The molecule has 2 aliphatic rings. The molecule has 4 rings (SSSR count). The zero-order valence-corrected chi connectivity index (χ0v) is 13.7. The normalized spacial score (nSPS) is 24.3. The number of rotatable bonds is 3. The van der Waals surface area contributed by atoms with Gasteiger partial charge < -0.3 is 4.74 Å². The molecule has 23 heavy (non-hydrogen) atoms. The third-order valence-electron chi connectivity index (χ3n) is 4.77. The number of hydrogen-bond donors (Lipinski definition) is 0. The van der Waals surface area contributed by atoms with Gasteiger partial charge in [-0.05, 0) is 29.2 Å². The molecule has 0 aromatic heterocycles. The van der Waals surface area contributed by atoms with Crippen molar-refractivity contribution in [3.8, 4) is 0 Å². The summed E-state index contributed by atoms with van der Waals surface area (Å²) in [5.74, 6) is 0. The van der Waals surface area contributed by atoms with Gasteiger partial charge in [0.15, 0.2) is 0 Å². The number of morpholine rings is 1. The maximum absolute atomic E-state index is 6.39. The fourth-order valence-corrected chi connectivity index (χ4v) is 3.88. The fourth-order valence-electron chi connectivity index (χ4n) is 3.62. The zero-order valence-electron chi connectivity index (χ0n) is 13.0. The summed E-state index contributed by atoms with van der Waals surface area (Å²) in [6, 6.07) is 19.6. The van der Waals surface area contributed by atoms with Gasteiger partial charge in [-0.15, -0.1) is 0 Å². The van der Waals surface area contributed by atoms with Crippen LogP contribution in [0.5, 0.6) is 0 Å². The third-order valence-corrected chi connectivity index (χ3v) is 5.10. The van der Waals surface area contributed by atoms with Gasteiger partial charge in [0.1, 0.15) is 0 Å². The molecule has 2 aromatic carbocycles. The highest BCUT2D eigenvalue weighted by molar-refractivity contribution is 6.32. The van der Waals surface area contributed by atoms with E-state index in [1.165, 1.54) is 16.7 Å². The largest absolute Gasteiger partial charge is 0.378 e. The van der Waals surface area contributed by atoms with Gasteiger partial charge in [0.05, 0.1) is 19.3 Å². The lowest BCUT2D eigenvalue weighted by Crippen LogP contribution is -2.53. The van der Waals surface area contributed by atoms with E-state index in [1.54, 1.807) is 0 Å². The van der Waals surface area contributed by atoms with E-state index in [-0.39, 0.29) is 0 Å². The predicted octanol–water partition coefficient (Wildman–Crippen LogP) is 4.40. The van der Waals surface area contributed by atoms with Crippen molar-refractivity contribution in [3.05, 3.63) is 76.8 Å². The van der Waals surface area contributed by atoms with E-state index in [9.17, 15) is 0 Å². The van der Waals surface area contributed by atoms with Gasteiger partial charge in [-0.3, -0.25) is 4.90 Å². The van der Waals surface area contributed by atoms with Crippen LogP contribution in [0.1, 0.15) is 17.5 Å². The molecule has 2 nitrogen and oxygen atoms in total. The SMILES string of the molecule is Clc1ccccc1C1=CC2COCC(C1)N2Cc1ccccc1. The zero-order chi connectivity index (χ0) is 15.6. The summed E-state index contributed by atoms with van der Waals surface area (Å²) in [4.78, 5) is 2.57. The molecule has 0 radical (unpaired) electrons. The van der Waals surface area contributed by atoms with Crippen molar-refractivity contribution in [2.45, 2.75) is 25.0 Å². The van der Waals surface area contributed by atoms with Gasteiger partial charge in [-0.1, -0.05) is 66.2 Å². The highest BCUT2D eigenvalue weighted by atomic mass is 35.5. The molecule has 118 valence electrons. The summed E-state index contributed by atoms with van der Waals surface area (Å²) in [5.41, 5.74) is 3.89. The van der Waals surface area contributed by atoms with Crippen molar-refractivity contribution < 1.29 is 4.74 Å². The quantitative estimate of drug-likeness (QED) is 0.829. The summed E-state index contributed by atoms with van der Waals surface area (Å²) in [5, 5.41) is 0.842. The Morgan fingerprint density at radius 3 is 2.57 bits per heavy atom. The number of ether oxygens (including phenoxy) is 1. The molecule has 2 heterocycles. The smallest absolute Gasteiger partial charge is 0.0658 e. The molecule has 2 aliphatic heterocycles.